The number of aliphatic hydroxyl groups is 2. The van der Waals surface area contributed by atoms with E-state index in [1.165, 1.54) is 56.7 Å². The summed E-state index contributed by atoms with van der Waals surface area (Å²) in [6.07, 6.45) is 3.24. The van der Waals surface area contributed by atoms with Gasteiger partial charge in [-0.1, -0.05) is 18.9 Å². The summed E-state index contributed by atoms with van der Waals surface area (Å²) < 4.78 is 5.37. The Kier molecular flexibility index (Phi) is 7.22. The second kappa shape index (κ2) is 9.56. The highest BCUT2D eigenvalue weighted by atomic mass is 16.5. The van der Waals surface area contributed by atoms with Gasteiger partial charge in [0.15, 0.2) is 12.2 Å². The van der Waals surface area contributed by atoms with Crippen LogP contribution in [-0.2, 0) is 26.2 Å². The summed E-state index contributed by atoms with van der Waals surface area (Å²) >= 11 is 0. The first kappa shape index (κ1) is 24.2. The van der Waals surface area contributed by atoms with Crippen LogP contribution in [-0.4, -0.2) is 75.1 Å². The minimum atomic E-state index is -2.27. The molecular weight excluding hydrogens is 418 g/mol. The van der Waals surface area contributed by atoms with E-state index in [0.29, 0.717) is 11.5 Å². The first-order valence-electron chi connectivity index (χ1n) is 10.9. The monoisotopic (exact) mass is 449 g/mol. The molecule has 9 heteroatoms. The van der Waals surface area contributed by atoms with Crippen LogP contribution in [0.3, 0.4) is 0 Å². The highest BCUT2D eigenvalue weighted by Gasteiger charge is 2.53. The van der Waals surface area contributed by atoms with Gasteiger partial charge in [0.25, 0.3) is 0 Å². The molecule has 2 fully saturated rings. The molecule has 3 aliphatic rings. The maximum atomic E-state index is 11.3. The number of benzene rings is 1. The van der Waals surface area contributed by atoms with Crippen molar-refractivity contribution in [1.82, 2.24) is 4.90 Å². The Morgan fingerprint density at radius 3 is 2.34 bits per heavy atom. The van der Waals surface area contributed by atoms with Gasteiger partial charge >= 0.3 is 17.9 Å². The Bertz CT molecular complexity index is 869. The smallest absolute Gasteiger partial charge is 0.335 e. The highest BCUT2D eigenvalue weighted by molar-refractivity contribution is 5.83. The summed E-state index contributed by atoms with van der Waals surface area (Å²) in [5, 5.41) is 32.5. The van der Waals surface area contributed by atoms with Gasteiger partial charge in [-0.25, -0.2) is 9.59 Å². The molecule has 32 heavy (non-hydrogen) atoms. The number of ether oxygens (including phenoxy) is 1. The van der Waals surface area contributed by atoms with E-state index < -0.39 is 24.1 Å². The zero-order valence-electron chi connectivity index (χ0n) is 18.4. The van der Waals surface area contributed by atoms with Gasteiger partial charge in [-0.05, 0) is 68.5 Å². The second-order valence-corrected chi connectivity index (χ2v) is 8.99. The first-order valence-corrected chi connectivity index (χ1v) is 10.9. The number of hydrogen-bond donors (Lipinski definition) is 4. The molecule has 9 nitrogen and oxygen atoms in total. The molecule has 4 rings (SSSR count). The maximum absolute atomic E-state index is 11.3. The number of carbonyl (C=O) groups is 3. The largest absolute Gasteiger partial charge is 0.479 e. The molecule has 5 atom stereocenters. The molecule has 1 heterocycles. The first-order chi connectivity index (χ1) is 15.1. The van der Waals surface area contributed by atoms with Crippen LogP contribution < -0.4 is 4.74 Å². The van der Waals surface area contributed by atoms with Crippen LogP contribution in [0.5, 0.6) is 5.75 Å². The molecule has 2 aliphatic carbocycles. The van der Waals surface area contributed by atoms with Crippen molar-refractivity contribution in [3.05, 3.63) is 29.3 Å². The molecule has 2 bridgehead atoms. The molecule has 1 aliphatic heterocycles. The van der Waals surface area contributed by atoms with Crippen LogP contribution in [0.25, 0.3) is 0 Å². The Labute approximate surface area is 186 Å². The lowest BCUT2D eigenvalue weighted by molar-refractivity contribution is -0.165. The van der Waals surface area contributed by atoms with Gasteiger partial charge in [-0.15, -0.1) is 0 Å². The molecule has 1 aromatic carbocycles. The predicted octanol–water partition coefficient (Wildman–Crippen LogP) is 1.18. The van der Waals surface area contributed by atoms with Crippen molar-refractivity contribution in [2.75, 3.05) is 13.6 Å². The summed E-state index contributed by atoms with van der Waals surface area (Å²) in [6, 6.07) is 7.04. The van der Waals surface area contributed by atoms with Crippen LogP contribution in [0.2, 0.25) is 0 Å². The summed E-state index contributed by atoms with van der Waals surface area (Å²) in [6.45, 7) is 2.67. The van der Waals surface area contributed by atoms with Gasteiger partial charge in [-0.2, -0.15) is 0 Å². The number of carboxylic acids is 2. The van der Waals surface area contributed by atoms with Crippen molar-refractivity contribution in [1.29, 1.82) is 0 Å². The fourth-order valence-corrected chi connectivity index (χ4v) is 5.68. The van der Waals surface area contributed by atoms with E-state index >= 15 is 0 Å². The number of nitrogens with zero attached hydrogens (tertiary/aromatic N) is 1. The average Bonchev–Trinajstić information content (AvgIpc) is 2.75. The van der Waals surface area contributed by atoms with Crippen molar-refractivity contribution in [3.8, 4) is 5.75 Å². The Morgan fingerprint density at radius 2 is 1.75 bits per heavy atom. The predicted molar refractivity (Wildman–Crippen MR) is 113 cm³/mol. The molecule has 0 aromatic heterocycles. The summed E-state index contributed by atoms with van der Waals surface area (Å²) in [4.78, 5) is 33.4. The van der Waals surface area contributed by atoms with Crippen LogP contribution in [0.1, 0.15) is 50.2 Å². The molecule has 176 valence electrons. The molecule has 0 unspecified atom stereocenters. The van der Waals surface area contributed by atoms with Gasteiger partial charge in [0.2, 0.25) is 0 Å². The third kappa shape index (κ3) is 4.65. The van der Waals surface area contributed by atoms with E-state index in [9.17, 15) is 14.4 Å². The molecule has 1 saturated carbocycles. The van der Waals surface area contributed by atoms with Gasteiger partial charge in [0.05, 0.1) is 0 Å². The van der Waals surface area contributed by atoms with Crippen LogP contribution in [0.4, 0.5) is 0 Å². The number of likely N-dealkylation sites (tertiary alicyclic amines) is 1. The Hall–Kier alpha value is -2.49. The SMILES string of the molecule is CC(=O)Oc1ccc2c(c1)[C@]13CCCC[C@H]1[C@H](C2)N(C)CC3.O=C(O)[C@H](O)[C@@H](O)C(=O)O. The topological polar surface area (TPSA) is 145 Å². The quantitative estimate of drug-likeness (QED) is 0.393. The van der Waals surface area contributed by atoms with E-state index in [1.54, 1.807) is 0 Å². The summed E-state index contributed by atoms with van der Waals surface area (Å²) in [5.41, 5.74) is 3.30. The van der Waals surface area contributed by atoms with Gasteiger partial charge in [0, 0.05) is 18.4 Å². The average molecular weight is 450 g/mol. The highest BCUT2D eigenvalue weighted by Crippen LogP contribution is 2.55. The summed E-state index contributed by atoms with van der Waals surface area (Å²) in [7, 11) is 2.29. The van der Waals surface area contributed by atoms with Crippen LogP contribution >= 0.6 is 0 Å². The molecule has 0 spiro atoms. The minimum absolute atomic E-state index is 0.227. The number of aliphatic carboxylic acids is 2. The number of hydrogen-bond acceptors (Lipinski definition) is 7. The fraction of sp³-hybridized carbons (Fsp3) is 0.609. The minimum Gasteiger partial charge on any atom is -0.479 e. The number of fused-ring (bicyclic) bond motifs is 1. The molecular formula is C23H31NO8. The Balaban J connectivity index is 0.000000247. The van der Waals surface area contributed by atoms with Crippen molar-refractivity contribution in [3.63, 3.8) is 0 Å². The molecule has 0 amide bonds. The number of aliphatic hydroxyl groups excluding tert-OH is 2. The maximum Gasteiger partial charge on any atom is 0.335 e. The van der Waals surface area contributed by atoms with Crippen LogP contribution in [0.15, 0.2) is 18.2 Å². The number of carboxylic acid groups (broad SMARTS) is 2. The van der Waals surface area contributed by atoms with Crippen molar-refractivity contribution in [2.45, 2.75) is 69.1 Å². The molecule has 1 aromatic rings. The van der Waals surface area contributed by atoms with E-state index in [-0.39, 0.29) is 5.97 Å². The summed E-state index contributed by atoms with van der Waals surface area (Å²) in [5.74, 6) is -2.26. The zero-order valence-corrected chi connectivity index (χ0v) is 18.4. The van der Waals surface area contributed by atoms with E-state index in [0.717, 1.165) is 18.1 Å². The van der Waals surface area contributed by atoms with Gasteiger partial charge in [-0.3, -0.25) is 4.79 Å². The molecule has 1 saturated heterocycles. The number of rotatable bonds is 4. The lowest BCUT2D eigenvalue weighted by atomic mass is 9.52. The van der Waals surface area contributed by atoms with Crippen LogP contribution in [0, 0.1) is 5.92 Å². The lowest BCUT2D eigenvalue weighted by Crippen LogP contribution is -2.59. The van der Waals surface area contributed by atoms with E-state index in [1.807, 2.05) is 6.07 Å². The number of carbonyl (C=O) groups excluding carboxylic acids is 1. The standard InChI is InChI=1S/C19H25NO2.C4H6O6/c1-13(21)22-15-7-6-14-11-18-16-5-3-4-8-19(16,17(14)12-15)9-10-20(18)2;5-1(3(7)8)2(6)4(9)10/h6-7,12,16,18H,3-5,8-11H2,1-2H3;1-2,5-6H,(H,7,8)(H,9,10)/t16-,18-,19-;1-,2-/m01/s1. The zero-order chi connectivity index (χ0) is 23.6. The van der Waals surface area contributed by atoms with E-state index in [4.69, 9.17) is 25.2 Å². The number of piperidine rings is 1. The Morgan fingerprint density at radius 1 is 1.09 bits per heavy atom. The van der Waals surface area contributed by atoms with Crippen molar-refractivity contribution >= 4 is 17.9 Å². The van der Waals surface area contributed by atoms with E-state index in [2.05, 4.69) is 24.1 Å². The van der Waals surface area contributed by atoms with Gasteiger partial charge in [0.1, 0.15) is 5.75 Å². The number of likely N-dealkylation sites (N-methyl/N-ethyl adjacent to an activating group) is 1. The third-order valence-electron chi connectivity index (χ3n) is 7.15. The normalized spacial score (nSPS) is 28.1. The molecule has 0 radical (unpaired) electrons. The fourth-order valence-electron chi connectivity index (χ4n) is 5.68. The molecule has 4 N–H and O–H groups in total. The van der Waals surface area contributed by atoms with Gasteiger partial charge < -0.3 is 30.1 Å². The third-order valence-corrected chi connectivity index (χ3v) is 7.15. The van der Waals surface area contributed by atoms with Crippen molar-refractivity contribution < 1.29 is 39.5 Å². The van der Waals surface area contributed by atoms with Crippen molar-refractivity contribution in [2.24, 2.45) is 5.92 Å². The number of esters is 1. The lowest BCUT2D eigenvalue weighted by Gasteiger charge is -2.58. The second-order valence-electron chi connectivity index (χ2n) is 8.99.